The van der Waals surface area contributed by atoms with E-state index in [1.807, 2.05) is 38.1 Å². The number of ketones is 1. The van der Waals surface area contributed by atoms with Gasteiger partial charge in [0.05, 0.1) is 25.3 Å². The number of hydrogen-bond donors (Lipinski definition) is 1. The van der Waals surface area contributed by atoms with Crippen LogP contribution in [0.25, 0.3) is 5.76 Å². The van der Waals surface area contributed by atoms with Gasteiger partial charge in [-0.1, -0.05) is 26.0 Å². The van der Waals surface area contributed by atoms with Gasteiger partial charge in [-0.3, -0.25) is 9.59 Å². The molecule has 0 spiro atoms. The van der Waals surface area contributed by atoms with Crippen molar-refractivity contribution in [3.05, 3.63) is 64.7 Å². The molecule has 1 fully saturated rings. The Morgan fingerprint density at radius 3 is 2.24 bits per heavy atom. The second-order valence-corrected chi connectivity index (χ2v) is 8.20. The number of likely N-dealkylation sites (tertiary alicyclic amines) is 1. The normalized spacial score (nSPS) is 17.5. The largest absolute Gasteiger partial charge is 0.507 e. The third-order valence-electron chi connectivity index (χ3n) is 6.29. The smallest absolute Gasteiger partial charge is 0.295 e. The van der Waals surface area contributed by atoms with Crippen LogP contribution in [0.1, 0.15) is 43.5 Å². The van der Waals surface area contributed by atoms with Crippen molar-refractivity contribution in [1.82, 2.24) is 9.80 Å². The van der Waals surface area contributed by atoms with Gasteiger partial charge in [0.1, 0.15) is 17.3 Å². The van der Waals surface area contributed by atoms with Crippen LogP contribution >= 0.6 is 0 Å². The number of aliphatic hydroxyl groups excluding tert-OH is 1. The number of likely N-dealkylation sites (N-methyl/N-ethyl adjacent to an activating group) is 1. The minimum Gasteiger partial charge on any atom is -0.507 e. The van der Waals surface area contributed by atoms with Crippen LogP contribution in [0.4, 0.5) is 0 Å². The van der Waals surface area contributed by atoms with Crippen LogP contribution in [0.2, 0.25) is 0 Å². The van der Waals surface area contributed by atoms with Gasteiger partial charge in [-0.25, -0.2) is 0 Å². The van der Waals surface area contributed by atoms with Gasteiger partial charge in [-0.2, -0.15) is 0 Å². The van der Waals surface area contributed by atoms with Gasteiger partial charge in [0.15, 0.2) is 0 Å². The first-order valence-corrected chi connectivity index (χ1v) is 11.7. The Labute approximate surface area is 201 Å². The molecule has 34 heavy (non-hydrogen) atoms. The molecule has 0 saturated carbocycles. The highest BCUT2D eigenvalue weighted by molar-refractivity contribution is 6.46. The molecule has 1 atom stereocenters. The zero-order valence-electron chi connectivity index (χ0n) is 20.6. The maximum atomic E-state index is 13.2. The second kappa shape index (κ2) is 11.2. The molecule has 0 aliphatic carbocycles. The average Bonchev–Trinajstić information content (AvgIpc) is 3.10. The van der Waals surface area contributed by atoms with E-state index in [1.54, 1.807) is 30.2 Å². The highest BCUT2D eigenvalue weighted by Crippen LogP contribution is 2.40. The lowest BCUT2D eigenvalue weighted by Gasteiger charge is -2.28. The molecule has 7 heteroatoms. The summed E-state index contributed by atoms with van der Waals surface area (Å²) < 4.78 is 10.8. The molecule has 3 rings (SSSR count). The van der Waals surface area contributed by atoms with E-state index in [0.29, 0.717) is 36.8 Å². The number of Topliss-reactive ketones (excluding diaryl/α,β-unsaturated/α-hetero) is 1. The van der Waals surface area contributed by atoms with Crippen LogP contribution in [-0.2, 0) is 9.59 Å². The topological polar surface area (TPSA) is 79.3 Å². The van der Waals surface area contributed by atoms with E-state index in [1.165, 1.54) is 0 Å². The van der Waals surface area contributed by atoms with Gasteiger partial charge in [0.2, 0.25) is 0 Å². The number of rotatable bonds is 10. The lowest BCUT2D eigenvalue weighted by Crippen LogP contribution is -2.38. The SMILES string of the molecule is CCOc1ccc([C@@H]2C(=C(O)c3ccc(OC)cc3C)C(=O)C(=O)N2CCN(CC)CC)cc1. The third-order valence-corrected chi connectivity index (χ3v) is 6.29. The van der Waals surface area contributed by atoms with Crippen LogP contribution in [0, 0.1) is 6.92 Å². The first-order valence-electron chi connectivity index (χ1n) is 11.7. The monoisotopic (exact) mass is 466 g/mol. The molecule has 7 nitrogen and oxygen atoms in total. The number of carbonyl (C=O) groups is 2. The Balaban J connectivity index is 2.11. The quantitative estimate of drug-likeness (QED) is 0.322. The number of aryl methyl sites for hydroxylation is 1. The molecule has 1 saturated heterocycles. The number of aliphatic hydroxyl groups is 1. The van der Waals surface area contributed by atoms with Crippen LogP contribution in [0.3, 0.4) is 0 Å². The number of amides is 1. The fourth-order valence-corrected chi connectivity index (χ4v) is 4.33. The lowest BCUT2D eigenvalue weighted by atomic mass is 9.94. The molecule has 2 aromatic rings. The Hall–Kier alpha value is -3.32. The van der Waals surface area contributed by atoms with Crippen molar-refractivity contribution in [2.75, 3.05) is 39.9 Å². The number of hydrogen-bond acceptors (Lipinski definition) is 6. The van der Waals surface area contributed by atoms with E-state index in [-0.39, 0.29) is 11.3 Å². The van der Waals surface area contributed by atoms with Gasteiger partial charge in [0.25, 0.3) is 11.7 Å². The van der Waals surface area contributed by atoms with Crippen LogP contribution < -0.4 is 9.47 Å². The third kappa shape index (κ3) is 5.09. The summed E-state index contributed by atoms with van der Waals surface area (Å²) in [6.45, 7) is 11.1. The zero-order chi connectivity index (χ0) is 24.8. The predicted molar refractivity (Wildman–Crippen MR) is 132 cm³/mol. The second-order valence-electron chi connectivity index (χ2n) is 8.20. The Morgan fingerprint density at radius 1 is 1.03 bits per heavy atom. The summed E-state index contributed by atoms with van der Waals surface area (Å²) in [5, 5.41) is 11.3. The maximum Gasteiger partial charge on any atom is 0.295 e. The maximum absolute atomic E-state index is 13.2. The number of methoxy groups -OCH3 is 1. The number of ether oxygens (including phenoxy) is 2. The summed E-state index contributed by atoms with van der Waals surface area (Å²) in [6, 6.07) is 11.9. The van der Waals surface area contributed by atoms with Crippen molar-refractivity contribution < 1.29 is 24.2 Å². The molecular weight excluding hydrogens is 432 g/mol. The summed E-state index contributed by atoms with van der Waals surface area (Å²) in [5.41, 5.74) is 2.09. The lowest BCUT2D eigenvalue weighted by molar-refractivity contribution is -0.140. The first kappa shape index (κ1) is 25.3. The van der Waals surface area contributed by atoms with Gasteiger partial charge in [-0.05, 0) is 68.4 Å². The molecule has 182 valence electrons. The first-order chi connectivity index (χ1) is 16.4. The average molecular weight is 467 g/mol. The highest BCUT2D eigenvalue weighted by atomic mass is 16.5. The van der Waals surface area contributed by atoms with Crippen LogP contribution in [-0.4, -0.2) is 66.5 Å². The number of carbonyl (C=O) groups excluding carboxylic acids is 2. The zero-order valence-corrected chi connectivity index (χ0v) is 20.6. The summed E-state index contributed by atoms with van der Waals surface area (Å²) >= 11 is 0. The fraction of sp³-hybridized carbons (Fsp3) is 0.407. The molecule has 1 amide bonds. The summed E-state index contributed by atoms with van der Waals surface area (Å²) in [4.78, 5) is 30.1. The van der Waals surface area contributed by atoms with Gasteiger partial charge in [-0.15, -0.1) is 0 Å². The standard InChI is InChI=1S/C27H34N2O5/c1-6-28(7-2)15-16-29-24(19-9-11-20(12-10-19)34-8-3)23(26(31)27(29)32)25(30)22-14-13-21(33-5)17-18(22)4/h9-14,17,24,30H,6-8,15-16H2,1-5H3/t24-/m1/s1. The van der Waals surface area contributed by atoms with Crippen molar-refractivity contribution >= 4 is 17.4 Å². The van der Waals surface area contributed by atoms with Crippen molar-refractivity contribution in [1.29, 1.82) is 0 Å². The molecule has 1 aliphatic heterocycles. The molecule has 1 heterocycles. The molecule has 0 bridgehead atoms. The van der Waals surface area contributed by atoms with E-state index in [0.717, 1.165) is 24.2 Å². The molecular formula is C27H34N2O5. The van der Waals surface area contributed by atoms with Crippen molar-refractivity contribution in [2.45, 2.75) is 33.7 Å². The van der Waals surface area contributed by atoms with Crippen molar-refractivity contribution in [2.24, 2.45) is 0 Å². The van der Waals surface area contributed by atoms with Crippen molar-refractivity contribution in [3.63, 3.8) is 0 Å². The van der Waals surface area contributed by atoms with Gasteiger partial charge >= 0.3 is 0 Å². The molecule has 0 radical (unpaired) electrons. The van der Waals surface area contributed by atoms with E-state index in [4.69, 9.17) is 9.47 Å². The van der Waals surface area contributed by atoms with E-state index in [9.17, 15) is 14.7 Å². The van der Waals surface area contributed by atoms with Crippen LogP contribution in [0.5, 0.6) is 11.5 Å². The van der Waals surface area contributed by atoms with Crippen molar-refractivity contribution in [3.8, 4) is 11.5 Å². The Bertz CT molecular complexity index is 1060. The Kier molecular flexibility index (Phi) is 8.34. The molecule has 2 aromatic carbocycles. The highest BCUT2D eigenvalue weighted by Gasteiger charge is 2.46. The fourth-order valence-electron chi connectivity index (χ4n) is 4.33. The van der Waals surface area contributed by atoms with E-state index < -0.39 is 17.7 Å². The minimum absolute atomic E-state index is 0.0990. The van der Waals surface area contributed by atoms with E-state index >= 15 is 0 Å². The van der Waals surface area contributed by atoms with Gasteiger partial charge < -0.3 is 24.4 Å². The summed E-state index contributed by atoms with van der Waals surface area (Å²) in [5.74, 6) is -0.0956. The Morgan fingerprint density at radius 2 is 1.68 bits per heavy atom. The molecule has 0 aromatic heterocycles. The minimum atomic E-state index is -0.687. The summed E-state index contributed by atoms with van der Waals surface area (Å²) in [7, 11) is 1.57. The number of nitrogens with zero attached hydrogens (tertiary/aromatic N) is 2. The predicted octanol–water partition coefficient (Wildman–Crippen LogP) is 4.17. The molecule has 1 aliphatic rings. The van der Waals surface area contributed by atoms with Gasteiger partial charge in [0, 0.05) is 18.7 Å². The molecule has 1 N–H and O–H groups in total. The van der Waals surface area contributed by atoms with Crippen LogP contribution in [0.15, 0.2) is 48.0 Å². The number of benzene rings is 2. The molecule has 0 unspecified atom stereocenters. The van der Waals surface area contributed by atoms with E-state index in [2.05, 4.69) is 18.7 Å². The summed E-state index contributed by atoms with van der Waals surface area (Å²) in [6.07, 6.45) is 0.